The van der Waals surface area contributed by atoms with Gasteiger partial charge in [-0.1, -0.05) is 35.9 Å². The van der Waals surface area contributed by atoms with Gasteiger partial charge in [-0.2, -0.15) is 4.31 Å². The van der Waals surface area contributed by atoms with Crippen LogP contribution in [0.5, 0.6) is 0 Å². The summed E-state index contributed by atoms with van der Waals surface area (Å²) >= 11 is 0. The highest BCUT2D eigenvalue weighted by atomic mass is 32.2. The summed E-state index contributed by atoms with van der Waals surface area (Å²) in [4.78, 5) is 12.9. The molecule has 1 amide bonds. The van der Waals surface area contributed by atoms with Crippen LogP contribution in [0, 0.1) is 19.8 Å². The van der Waals surface area contributed by atoms with Gasteiger partial charge in [0.25, 0.3) is 0 Å². The van der Waals surface area contributed by atoms with E-state index in [-0.39, 0.29) is 23.3 Å². The number of anilines is 1. The van der Waals surface area contributed by atoms with Gasteiger partial charge in [-0.05, 0) is 50.5 Å². The highest BCUT2D eigenvalue weighted by molar-refractivity contribution is 7.89. The van der Waals surface area contributed by atoms with Crippen molar-refractivity contribution in [1.29, 1.82) is 0 Å². The quantitative estimate of drug-likeness (QED) is 0.895. The molecule has 0 saturated carbocycles. The number of carbonyl (C=O) groups is 1. The Morgan fingerprint density at radius 3 is 2.46 bits per heavy atom. The number of hydrogen-bond donors (Lipinski definition) is 1. The fraction of sp³-hybridized carbons (Fsp3) is 0.350. The molecule has 1 aliphatic heterocycles. The molecule has 1 N–H and O–H groups in total. The number of benzene rings is 2. The fourth-order valence-electron chi connectivity index (χ4n) is 3.18. The Kier molecular flexibility index (Phi) is 5.44. The number of para-hydroxylation sites is 1. The largest absolute Gasteiger partial charge is 0.326 e. The SMILES string of the molecule is Cc1ccc(S(=O)(=O)N2CCC[C@H](C(=O)Nc3ccccc3C)C2)cc1. The Balaban J connectivity index is 1.73. The number of nitrogens with one attached hydrogen (secondary N) is 1. The molecule has 1 heterocycles. The lowest BCUT2D eigenvalue weighted by molar-refractivity contribution is -0.120. The molecular formula is C20H24N2O3S. The second-order valence-electron chi connectivity index (χ2n) is 6.82. The van der Waals surface area contributed by atoms with Crippen molar-refractivity contribution in [3.63, 3.8) is 0 Å². The highest BCUT2D eigenvalue weighted by Gasteiger charge is 2.33. The number of hydrogen-bond acceptors (Lipinski definition) is 3. The number of aryl methyl sites for hydroxylation is 2. The predicted molar refractivity (Wildman–Crippen MR) is 102 cm³/mol. The second kappa shape index (κ2) is 7.60. The van der Waals surface area contributed by atoms with Crippen molar-refractivity contribution < 1.29 is 13.2 Å². The number of carbonyl (C=O) groups excluding carboxylic acids is 1. The Morgan fingerprint density at radius 1 is 1.08 bits per heavy atom. The van der Waals surface area contributed by atoms with Crippen molar-refractivity contribution in [2.75, 3.05) is 18.4 Å². The summed E-state index contributed by atoms with van der Waals surface area (Å²) in [6, 6.07) is 14.4. The lowest BCUT2D eigenvalue weighted by Gasteiger charge is -2.31. The topological polar surface area (TPSA) is 66.5 Å². The maximum atomic E-state index is 12.9. The molecule has 1 aliphatic rings. The molecule has 1 atom stereocenters. The Bertz CT molecular complexity index is 892. The minimum Gasteiger partial charge on any atom is -0.326 e. The number of piperidine rings is 1. The first-order valence-corrected chi connectivity index (χ1v) is 10.3. The normalized spacial score (nSPS) is 18.5. The minimum atomic E-state index is -3.57. The standard InChI is InChI=1S/C20H24N2O3S/c1-15-9-11-18(12-10-15)26(24,25)22-13-5-7-17(14-22)20(23)21-19-8-4-3-6-16(19)2/h3-4,6,8-12,17H,5,7,13-14H2,1-2H3,(H,21,23)/t17-/m0/s1. The fourth-order valence-corrected chi connectivity index (χ4v) is 4.71. The third kappa shape index (κ3) is 3.97. The van der Waals surface area contributed by atoms with Crippen molar-refractivity contribution in [3.05, 3.63) is 59.7 Å². The summed E-state index contributed by atoms with van der Waals surface area (Å²) in [5.41, 5.74) is 2.77. The van der Waals surface area contributed by atoms with Gasteiger partial charge < -0.3 is 5.32 Å². The molecule has 1 saturated heterocycles. The van der Waals surface area contributed by atoms with Gasteiger partial charge in [0.1, 0.15) is 0 Å². The van der Waals surface area contributed by atoms with Crippen LogP contribution in [0.15, 0.2) is 53.4 Å². The van der Waals surface area contributed by atoms with Gasteiger partial charge in [-0.3, -0.25) is 4.79 Å². The van der Waals surface area contributed by atoms with E-state index in [0.717, 1.165) is 16.8 Å². The Morgan fingerprint density at radius 2 is 1.77 bits per heavy atom. The molecule has 6 heteroatoms. The van der Waals surface area contributed by atoms with Crippen molar-refractivity contribution >= 4 is 21.6 Å². The number of rotatable bonds is 4. The number of nitrogens with zero attached hydrogens (tertiary/aromatic N) is 1. The predicted octanol–water partition coefficient (Wildman–Crippen LogP) is 3.34. The molecule has 0 bridgehead atoms. The van der Waals surface area contributed by atoms with Crippen LogP contribution in [-0.4, -0.2) is 31.7 Å². The first-order chi connectivity index (χ1) is 12.4. The zero-order valence-electron chi connectivity index (χ0n) is 15.1. The van der Waals surface area contributed by atoms with E-state index in [1.165, 1.54) is 4.31 Å². The summed E-state index contributed by atoms with van der Waals surface area (Å²) < 4.78 is 27.2. The van der Waals surface area contributed by atoms with Crippen molar-refractivity contribution in [2.45, 2.75) is 31.6 Å². The third-order valence-corrected chi connectivity index (χ3v) is 6.70. The number of amides is 1. The molecule has 1 fully saturated rings. The van der Waals surface area contributed by atoms with E-state index in [4.69, 9.17) is 0 Å². The van der Waals surface area contributed by atoms with Crippen molar-refractivity contribution in [2.24, 2.45) is 5.92 Å². The summed E-state index contributed by atoms with van der Waals surface area (Å²) in [7, 11) is -3.57. The third-order valence-electron chi connectivity index (χ3n) is 4.82. The minimum absolute atomic E-state index is 0.122. The second-order valence-corrected chi connectivity index (χ2v) is 8.76. The lowest BCUT2D eigenvalue weighted by atomic mass is 9.98. The molecule has 2 aromatic rings. The average molecular weight is 372 g/mol. The molecule has 0 spiro atoms. The van der Waals surface area contributed by atoms with Gasteiger partial charge >= 0.3 is 0 Å². The van der Waals surface area contributed by atoms with E-state index in [2.05, 4.69) is 5.32 Å². The molecule has 2 aromatic carbocycles. The van der Waals surface area contributed by atoms with E-state index in [1.54, 1.807) is 24.3 Å². The molecule has 0 unspecified atom stereocenters. The van der Waals surface area contributed by atoms with Crippen LogP contribution >= 0.6 is 0 Å². The monoisotopic (exact) mass is 372 g/mol. The number of sulfonamides is 1. The van der Waals surface area contributed by atoms with Gasteiger partial charge in [-0.15, -0.1) is 0 Å². The Labute approximate surface area is 155 Å². The molecule has 3 rings (SSSR count). The maximum absolute atomic E-state index is 12.9. The van der Waals surface area contributed by atoms with E-state index in [1.807, 2.05) is 38.1 Å². The van der Waals surface area contributed by atoms with Gasteiger partial charge in [0.05, 0.1) is 10.8 Å². The smallest absolute Gasteiger partial charge is 0.243 e. The molecule has 0 aliphatic carbocycles. The van der Waals surface area contributed by atoms with Gasteiger partial charge in [0, 0.05) is 18.8 Å². The van der Waals surface area contributed by atoms with Crippen LogP contribution in [0.3, 0.4) is 0 Å². The van der Waals surface area contributed by atoms with Crippen molar-refractivity contribution in [3.8, 4) is 0 Å². The molecule has 26 heavy (non-hydrogen) atoms. The molecule has 0 radical (unpaired) electrons. The van der Waals surface area contributed by atoms with E-state index >= 15 is 0 Å². The first kappa shape index (κ1) is 18.6. The molecular weight excluding hydrogens is 348 g/mol. The van der Waals surface area contributed by atoms with Gasteiger partial charge in [0.2, 0.25) is 15.9 Å². The Hall–Kier alpha value is -2.18. The van der Waals surface area contributed by atoms with Crippen LogP contribution in [0.25, 0.3) is 0 Å². The molecule has 0 aromatic heterocycles. The van der Waals surface area contributed by atoms with Crippen LogP contribution < -0.4 is 5.32 Å². The summed E-state index contributed by atoms with van der Waals surface area (Å²) in [6.07, 6.45) is 1.37. The lowest BCUT2D eigenvalue weighted by Crippen LogP contribution is -2.43. The molecule has 138 valence electrons. The summed E-state index contributed by atoms with van der Waals surface area (Å²) in [5.74, 6) is -0.466. The van der Waals surface area contributed by atoms with Gasteiger partial charge in [0.15, 0.2) is 0 Å². The average Bonchev–Trinajstić information content (AvgIpc) is 2.64. The zero-order chi connectivity index (χ0) is 18.7. The van der Waals surface area contributed by atoms with Crippen molar-refractivity contribution in [1.82, 2.24) is 4.31 Å². The highest BCUT2D eigenvalue weighted by Crippen LogP contribution is 2.25. The van der Waals surface area contributed by atoms with Crippen LogP contribution in [0.4, 0.5) is 5.69 Å². The van der Waals surface area contributed by atoms with Gasteiger partial charge in [-0.25, -0.2) is 8.42 Å². The zero-order valence-corrected chi connectivity index (χ0v) is 15.9. The first-order valence-electron chi connectivity index (χ1n) is 8.81. The van der Waals surface area contributed by atoms with Crippen LogP contribution in [0.2, 0.25) is 0 Å². The van der Waals surface area contributed by atoms with E-state index in [0.29, 0.717) is 19.4 Å². The maximum Gasteiger partial charge on any atom is 0.243 e. The van der Waals surface area contributed by atoms with E-state index < -0.39 is 10.0 Å². The summed E-state index contributed by atoms with van der Waals surface area (Å²) in [6.45, 7) is 4.52. The van der Waals surface area contributed by atoms with E-state index in [9.17, 15) is 13.2 Å². The summed E-state index contributed by atoms with van der Waals surface area (Å²) in [5, 5.41) is 2.94. The van der Waals surface area contributed by atoms with Crippen LogP contribution in [0.1, 0.15) is 24.0 Å². The molecule has 5 nitrogen and oxygen atoms in total. The van der Waals surface area contributed by atoms with Crippen LogP contribution in [-0.2, 0) is 14.8 Å².